The Morgan fingerprint density at radius 3 is 2.89 bits per heavy atom. The fourth-order valence-corrected chi connectivity index (χ4v) is 3.29. The van der Waals surface area contributed by atoms with Crippen molar-refractivity contribution < 1.29 is 23.5 Å². The largest absolute Gasteiger partial charge is 0.484 e. The Balaban J connectivity index is 1.62. The summed E-state index contributed by atoms with van der Waals surface area (Å²) in [6.07, 6.45) is 1.49. The first-order chi connectivity index (χ1) is 13.0. The minimum absolute atomic E-state index is 0.142. The van der Waals surface area contributed by atoms with Crippen molar-refractivity contribution in [2.45, 2.75) is 26.7 Å². The number of benzene rings is 1. The van der Waals surface area contributed by atoms with E-state index in [-0.39, 0.29) is 24.4 Å². The predicted octanol–water partition coefficient (Wildman–Crippen LogP) is 2.28. The molecule has 1 amide bonds. The second-order valence-corrected chi connectivity index (χ2v) is 6.63. The van der Waals surface area contributed by atoms with E-state index in [1.54, 1.807) is 30.0 Å². The van der Waals surface area contributed by atoms with E-state index in [2.05, 4.69) is 0 Å². The van der Waals surface area contributed by atoms with Crippen LogP contribution in [0.25, 0.3) is 11.0 Å². The topological polar surface area (TPSA) is 86.0 Å². The molecule has 0 spiro atoms. The fourth-order valence-electron chi connectivity index (χ4n) is 3.29. The van der Waals surface area contributed by atoms with Gasteiger partial charge in [0.2, 0.25) is 0 Å². The standard InChI is InChI=1S/C20H23NO6/c1-3-25-20(24)14-5-4-8-21(11-14)18(22)12-26-15-6-7-16-13(2)9-19(23)27-17(16)10-15/h6-7,9-10,14H,3-5,8,11-12H2,1-2H3/t14-/m1/s1. The van der Waals surface area contributed by atoms with E-state index in [1.165, 1.54) is 6.07 Å². The van der Waals surface area contributed by atoms with E-state index in [0.29, 0.717) is 31.0 Å². The van der Waals surface area contributed by atoms with Gasteiger partial charge in [0, 0.05) is 30.6 Å². The minimum Gasteiger partial charge on any atom is -0.484 e. The molecule has 0 aliphatic carbocycles. The third-order valence-electron chi connectivity index (χ3n) is 4.68. The lowest BCUT2D eigenvalue weighted by atomic mass is 9.98. The van der Waals surface area contributed by atoms with Crippen LogP contribution in [0.2, 0.25) is 0 Å². The molecule has 1 aromatic carbocycles. The predicted molar refractivity (Wildman–Crippen MR) is 98.7 cm³/mol. The van der Waals surface area contributed by atoms with Gasteiger partial charge in [-0.3, -0.25) is 9.59 Å². The normalized spacial score (nSPS) is 17.0. The maximum Gasteiger partial charge on any atom is 0.336 e. The highest BCUT2D eigenvalue weighted by Gasteiger charge is 2.29. The fraction of sp³-hybridized carbons (Fsp3) is 0.450. The number of esters is 1. The van der Waals surface area contributed by atoms with Crippen molar-refractivity contribution in [3.63, 3.8) is 0 Å². The molecule has 0 bridgehead atoms. The maximum absolute atomic E-state index is 12.4. The Morgan fingerprint density at radius 2 is 2.11 bits per heavy atom. The summed E-state index contributed by atoms with van der Waals surface area (Å²) >= 11 is 0. The van der Waals surface area contributed by atoms with Gasteiger partial charge in [0.1, 0.15) is 11.3 Å². The number of aryl methyl sites for hydroxylation is 1. The second kappa shape index (κ2) is 8.24. The summed E-state index contributed by atoms with van der Waals surface area (Å²) in [6, 6.07) is 6.57. The van der Waals surface area contributed by atoms with Crippen LogP contribution in [0.4, 0.5) is 0 Å². The zero-order valence-corrected chi connectivity index (χ0v) is 15.5. The van der Waals surface area contributed by atoms with E-state index < -0.39 is 5.63 Å². The summed E-state index contributed by atoms with van der Waals surface area (Å²) in [4.78, 5) is 37.5. The molecule has 1 fully saturated rings. The van der Waals surface area contributed by atoms with Crippen molar-refractivity contribution in [1.29, 1.82) is 0 Å². The van der Waals surface area contributed by atoms with Crippen LogP contribution < -0.4 is 10.4 Å². The minimum atomic E-state index is -0.424. The molecule has 1 aromatic heterocycles. The first-order valence-electron chi connectivity index (χ1n) is 9.09. The van der Waals surface area contributed by atoms with Crippen LogP contribution in [0.3, 0.4) is 0 Å². The molecule has 0 radical (unpaired) electrons. The SMILES string of the molecule is CCOC(=O)[C@@H]1CCCN(C(=O)COc2ccc3c(C)cc(=O)oc3c2)C1. The van der Waals surface area contributed by atoms with Crippen LogP contribution in [0, 0.1) is 12.8 Å². The van der Waals surface area contributed by atoms with Gasteiger partial charge in [-0.15, -0.1) is 0 Å². The highest BCUT2D eigenvalue weighted by atomic mass is 16.5. The Hall–Kier alpha value is -2.83. The van der Waals surface area contributed by atoms with Gasteiger partial charge in [-0.2, -0.15) is 0 Å². The smallest absolute Gasteiger partial charge is 0.336 e. The maximum atomic E-state index is 12.4. The zero-order chi connectivity index (χ0) is 19.4. The molecule has 0 saturated carbocycles. The lowest BCUT2D eigenvalue weighted by Gasteiger charge is -2.31. The third-order valence-corrected chi connectivity index (χ3v) is 4.68. The number of piperidine rings is 1. The van der Waals surface area contributed by atoms with Gasteiger partial charge in [-0.25, -0.2) is 4.79 Å². The zero-order valence-electron chi connectivity index (χ0n) is 15.5. The summed E-state index contributed by atoms with van der Waals surface area (Å²) in [5.74, 6) is -0.269. The third kappa shape index (κ3) is 4.48. The molecular weight excluding hydrogens is 350 g/mol. The molecular formula is C20H23NO6. The van der Waals surface area contributed by atoms with Gasteiger partial charge < -0.3 is 18.8 Å². The molecule has 0 N–H and O–H groups in total. The molecule has 1 aliphatic heterocycles. The molecule has 3 rings (SSSR count). The lowest BCUT2D eigenvalue weighted by Crippen LogP contribution is -2.44. The average molecular weight is 373 g/mol. The van der Waals surface area contributed by atoms with Crippen molar-refractivity contribution in [1.82, 2.24) is 4.90 Å². The number of ether oxygens (including phenoxy) is 2. The first-order valence-corrected chi connectivity index (χ1v) is 9.09. The molecule has 7 heteroatoms. The van der Waals surface area contributed by atoms with Gasteiger partial charge in [-0.05, 0) is 44.4 Å². The van der Waals surface area contributed by atoms with Gasteiger partial charge in [0.25, 0.3) is 5.91 Å². The van der Waals surface area contributed by atoms with Crippen LogP contribution in [0.15, 0.2) is 33.5 Å². The summed E-state index contributed by atoms with van der Waals surface area (Å²) in [7, 11) is 0. The van der Waals surface area contributed by atoms with Crippen LogP contribution >= 0.6 is 0 Å². The van der Waals surface area contributed by atoms with Crippen LogP contribution in [0.5, 0.6) is 5.75 Å². The monoisotopic (exact) mass is 373 g/mol. The van der Waals surface area contributed by atoms with Crippen LogP contribution in [0.1, 0.15) is 25.3 Å². The highest BCUT2D eigenvalue weighted by molar-refractivity contribution is 5.82. The van der Waals surface area contributed by atoms with Crippen molar-refractivity contribution >= 4 is 22.8 Å². The molecule has 1 saturated heterocycles. The van der Waals surface area contributed by atoms with E-state index in [0.717, 1.165) is 23.8 Å². The van der Waals surface area contributed by atoms with Gasteiger partial charge in [0.05, 0.1) is 12.5 Å². The number of rotatable bonds is 5. The quantitative estimate of drug-likeness (QED) is 0.590. The van der Waals surface area contributed by atoms with E-state index in [1.807, 2.05) is 6.92 Å². The Bertz CT molecular complexity index is 903. The number of carbonyl (C=O) groups is 2. The lowest BCUT2D eigenvalue weighted by molar-refractivity contribution is -0.151. The first kappa shape index (κ1) is 18.9. The Labute approximate surface area is 156 Å². The van der Waals surface area contributed by atoms with Gasteiger partial charge in [-0.1, -0.05) is 0 Å². The van der Waals surface area contributed by atoms with Crippen molar-refractivity contribution in [3.8, 4) is 5.75 Å². The van der Waals surface area contributed by atoms with Crippen molar-refractivity contribution in [2.75, 3.05) is 26.3 Å². The molecule has 2 heterocycles. The molecule has 0 unspecified atom stereocenters. The Kier molecular flexibility index (Phi) is 5.78. The van der Waals surface area contributed by atoms with Crippen LogP contribution in [-0.4, -0.2) is 43.1 Å². The van der Waals surface area contributed by atoms with Crippen molar-refractivity contribution in [3.05, 3.63) is 40.2 Å². The van der Waals surface area contributed by atoms with E-state index >= 15 is 0 Å². The van der Waals surface area contributed by atoms with Gasteiger partial charge >= 0.3 is 11.6 Å². The number of fused-ring (bicyclic) bond motifs is 1. The number of amides is 1. The molecule has 27 heavy (non-hydrogen) atoms. The van der Waals surface area contributed by atoms with E-state index in [4.69, 9.17) is 13.9 Å². The summed E-state index contributed by atoms with van der Waals surface area (Å²) in [5.41, 5.74) is 0.819. The molecule has 1 atom stereocenters. The number of carbonyl (C=O) groups excluding carboxylic acids is 2. The number of nitrogens with zero attached hydrogens (tertiary/aromatic N) is 1. The number of hydrogen-bond donors (Lipinski definition) is 0. The summed E-state index contributed by atoms with van der Waals surface area (Å²) < 4.78 is 15.8. The summed E-state index contributed by atoms with van der Waals surface area (Å²) in [5, 5.41) is 0.821. The second-order valence-electron chi connectivity index (χ2n) is 6.63. The average Bonchev–Trinajstić information content (AvgIpc) is 2.66. The van der Waals surface area contributed by atoms with E-state index in [9.17, 15) is 14.4 Å². The summed E-state index contributed by atoms with van der Waals surface area (Å²) in [6.45, 7) is 4.75. The molecule has 2 aromatic rings. The number of likely N-dealkylation sites (tertiary alicyclic amines) is 1. The highest BCUT2D eigenvalue weighted by Crippen LogP contribution is 2.23. The molecule has 7 nitrogen and oxygen atoms in total. The van der Waals surface area contributed by atoms with Gasteiger partial charge in [0.15, 0.2) is 6.61 Å². The molecule has 1 aliphatic rings. The number of hydrogen-bond acceptors (Lipinski definition) is 6. The Morgan fingerprint density at radius 1 is 1.30 bits per heavy atom. The molecule has 144 valence electrons. The van der Waals surface area contributed by atoms with Crippen LogP contribution in [-0.2, 0) is 14.3 Å². The van der Waals surface area contributed by atoms with Crippen molar-refractivity contribution in [2.24, 2.45) is 5.92 Å².